The average molecular weight is 323 g/mol. The molecule has 0 aliphatic carbocycles. The molecular weight excluding hydrogens is 307 g/mol. The lowest BCUT2D eigenvalue weighted by Gasteiger charge is -2.19. The van der Waals surface area contributed by atoms with Gasteiger partial charge >= 0.3 is 6.18 Å². The predicted octanol–water partition coefficient (Wildman–Crippen LogP) is 3.37. The zero-order chi connectivity index (χ0) is 16.6. The van der Waals surface area contributed by atoms with Crippen molar-refractivity contribution in [3.63, 3.8) is 0 Å². The van der Waals surface area contributed by atoms with Crippen molar-refractivity contribution in [2.75, 3.05) is 13.1 Å². The molecule has 1 N–H and O–H groups in total. The third-order valence-corrected chi connectivity index (χ3v) is 4.05. The van der Waals surface area contributed by atoms with E-state index >= 15 is 0 Å². The van der Waals surface area contributed by atoms with Crippen LogP contribution in [0.5, 0.6) is 0 Å². The van der Waals surface area contributed by atoms with Crippen LogP contribution in [0.3, 0.4) is 0 Å². The van der Waals surface area contributed by atoms with Crippen LogP contribution in [0, 0.1) is 6.92 Å². The van der Waals surface area contributed by atoms with Crippen molar-refractivity contribution in [1.29, 1.82) is 0 Å². The number of aromatic amines is 1. The summed E-state index contributed by atoms with van der Waals surface area (Å²) in [5.41, 5.74) is -0.259. The van der Waals surface area contributed by atoms with Gasteiger partial charge in [0.15, 0.2) is 0 Å². The number of nitrogens with one attached hydrogen (secondary N) is 1. The number of amides is 1. The summed E-state index contributed by atoms with van der Waals surface area (Å²) in [7, 11) is 0. The minimum Gasteiger partial charge on any atom is -0.346 e. The summed E-state index contributed by atoms with van der Waals surface area (Å²) in [4.78, 5) is 21.3. The van der Waals surface area contributed by atoms with E-state index in [1.807, 2.05) is 6.92 Å². The number of aryl methyl sites for hydroxylation is 1. The number of hydrogen-bond donors (Lipinski definition) is 1. The number of likely N-dealkylation sites (tertiary alicyclic amines) is 1. The number of imidazole rings is 1. The fourth-order valence-electron chi connectivity index (χ4n) is 2.90. The second kappa shape index (κ2) is 5.72. The Balaban J connectivity index is 1.80. The van der Waals surface area contributed by atoms with Crippen molar-refractivity contribution in [2.24, 2.45) is 0 Å². The van der Waals surface area contributed by atoms with Gasteiger partial charge in [-0.3, -0.25) is 4.79 Å². The summed E-state index contributed by atoms with van der Waals surface area (Å²) in [5.74, 6) is 0.233. The number of rotatable bonds is 2. The molecule has 0 spiro atoms. The first-order chi connectivity index (χ1) is 10.9. The van der Waals surface area contributed by atoms with E-state index in [2.05, 4.69) is 9.97 Å². The van der Waals surface area contributed by atoms with Crippen LogP contribution in [0.2, 0.25) is 0 Å². The molecule has 0 bridgehead atoms. The molecule has 1 saturated heterocycles. The molecule has 3 rings (SSSR count). The predicted molar refractivity (Wildman–Crippen MR) is 78.0 cm³/mol. The Morgan fingerprint density at radius 1 is 1.35 bits per heavy atom. The molecule has 1 atom stereocenters. The third-order valence-electron chi connectivity index (χ3n) is 4.05. The smallest absolute Gasteiger partial charge is 0.346 e. The van der Waals surface area contributed by atoms with Crippen LogP contribution >= 0.6 is 0 Å². The molecule has 122 valence electrons. The number of nitrogens with zero attached hydrogens (tertiary/aromatic N) is 2. The fraction of sp³-hybridized carbons (Fsp3) is 0.375. The number of benzene rings is 1. The molecule has 23 heavy (non-hydrogen) atoms. The van der Waals surface area contributed by atoms with E-state index in [0.717, 1.165) is 17.6 Å². The van der Waals surface area contributed by atoms with Gasteiger partial charge in [0.2, 0.25) is 0 Å². The van der Waals surface area contributed by atoms with Crippen LogP contribution in [0.15, 0.2) is 30.5 Å². The first-order valence-corrected chi connectivity index (χ1v) is 7.33. The van der Waals surface area contributed by atoms with Gasteiger partial charge in [-0.25, -0.2) is 4.98 Å². The Kier molecular flexibility index (Phi) is 3.87. The first kappa shape index (κ1) is 15.6. The minimum absolute atomic E-state index is 0.0331. The molecule has 1 fully saturated rings. The monoisotopic (exact) mass is 323 g/mol. The lowest BCUT2D eigenvalue weighted by atomic mass is 10.1. The maximum absolute atomic E-state index is 13.1. The van der Waals surface area contributed by atoms with E-state index in [4.69, 9.17) is 0 Å². The second-order valence-electron chi connectivity index (χ2n) is 5.73. The van der Waals surface area contributed by atoms with Crippen LogP contribution in [0.4, 0.5) is 13.2 Å². The van der Waals surface area contributed by atoms with Crippen molar-refractivity contribution in [3.8, 4) is 0 Å². The number of aromatic nitrogens is 2. The Morgan fingerprint density at radius 2 is 2.09 bits per heavy atom. The summed E-state index contributed by atoms with van der Waals surface area (Å²) in [5, 5.41) is 0. The van der Waals surface area contributed by atoms with Crippen molar-refractivity contribution >= 4 is 5.91 Å². The Bertz CT molecular complexity index is 723. The minimum atomic E-state index is -4.54. The van der Waals surface area contributed by atoms with Gasteiger partial charge in [0.25, 0.3) is 5.91 Å². The molecule has 1 aliphatic heterocycles. The van der Waals surface area contributed by atoms with E-state index in [1.54, 1.807) is 6.20 Å². The van der Waals surface area contributed by atoms with Gasteiger partial charge in [-0.15, -0.1) is 0 Å². The molecule has 1 amide bonds. The van der Waals surface area contributed by atoms with Gasteiger partial charge in [0, 0.05) is 30.9 Å². The highest BCUT2D eigenvalue weighted by molar-refractivity contribution is 5.96. The van der Waals surface area contributed by atoms with Gasteiger partial charge in [-0.2, -0.15) is 13.2 Å². The fourth-order valence-corrected chi connectivity index (χ4v) is 2.90. The summed E-state index contributed by atoms with van der Waals surface area (Å²) in [6, 6.07) is 4.91. The highest BCUT2D eigenvalue weighted by Gasteiger charge is 2.37. The van der Waals surface area contributed by atoms with Crippen LogP contribution in [0.25, 0.3) is 0 Å². The average Bonchev–Trinajstić information content (AvgIpc) is 3.14. The highest BCUT2D eigenvalue weighted by Crippen LogP contribution is 2.33. The van der Waals surface area contributed by atoms with Gasteiger partial charge in [-0.05, 0) is 25.5 Å². The van der Waals surface area contributed by atoms with E-state index in [-0.39, 0.29) is 11.5 Å². The van der Waals surface area contributed by atoms with Crippen molar-refractivity contribution in [1.82, 2.24) is 14.9 Å². The molecule has 4 nitrogen and oxygen atoms in total. The normalized spacial score (nSPS) is 18.4. The molecule has 1 aliphatic rings. The Labute approximate surface area is 131 Å². The maximum Gasteiger partial charge on any atom is 0.417 e. The molecule has 0 saturated carbocycles. The zero-order valence-electron chi connectivity index (χ0n) is 12.5. The standard InChI is InChI=1S/C16H16F3N3O/c1-10-8-20-14(21-10)11-6-7-22(9-11)15(23)12-4-2-3-5-13(12)16(17,18)19/h2-5,8,11H,6-7,9H2,1H3,(H,20,21). The molecule has 0 radical (unpaired) electrons. The van der Waals surface area contributed by atoms with Crippen molar-refractivity contribution in [2.45, 2.75) is 25.4 Å². The summed E-state index contributed by atoms with van der Waals surface area (Å²) >= 11 is 0. The number of carbonyl (C=O) groups is 1. The Hall–Kier alpha value is -2.31. The SMILES string of the molecule is Cc1cnc(C2CCN(C(=O)c3ccccc3C(F)(F)F)C2)[nH]1. The van der Waals surface area contributed by atoms with Gasteiger partial charge in [-0.1, -0.05) is 12.1 Å². The zero-order valence-corrected chi connectivity index (χ0v) is 12.5. The molecule has 7 heteroatoms. The van der Waals surface area contributed by atoms with Crippen molar-refractivity contribution < 1.29 is 18.0 Å². The molecule has 2 aromatic rings. The van der Waals surface area contributed by atoms with Crippen LogP contribution in [-0.4, -0.2) is 33.9 Å². The topological polar surface area (TPSA) is 49.0 Å². The van der Waals surface area contributed by atoms with Gasteiger partial charge in [0.1, 0.15) is 5.82 Å². The van der Waals surface area contributed by atoms with Crippen LogP contribution in [0.1, 0.15) is 39.8 Å². The molecule has 1 aromatic carbocycles. The number of halogens is 3. The highest BCUT2D eigenvalue weighted by atomic mass is 19.4. The van der Waals surface area contributed by atoms with Crippen LogP contribution in [-0.2, 0) is 6.18 Å². The number of H-pyrrole nitrogens is 1. The lowest BCUT2D eigenvalue weighted by Crippen LogP contribution is -2.30. The number of alkyl halides is 3. The van der Waals surface area contributed by atoms with E-state index < -0.39 is 17.6 Å². The van der Waals surface area contributed by atoms with Crippen molar-refractivity contribution in [3.05, 3.63) is 53.1 Å². The van der Waals surface area contributed by atoms with E-state index in [1.165, 1.54) is 23.1 Å². The number of carbonyl (C=O) groups excluding carboxylic acids is 1. The van der Waals surface area contributed by atoms with E-state index in [0.29, 0.717) is 19.5 Å². The molecular formula is C16H16F3N3O. The summed E-state index contributed by atoms with van der Waals surface area (Å²) < 4.78 is 39.2. The lowest BCUT2D eigenvalue weighted by molar-refractivity contribution is -0.138. The molecule has 2 heterocycles. The summed E-state index contributed by atoms with van der Waals surface area (Å²) in [6.45, 7) is 2.68. The first-order valence-electron chi connectivity index (χ1n) is 7.33. The largest absolute Gasteiger partial charge is 0.417 e. The van der Waals surface area contributed by atoms with E-state index in [9.17, 15) is 18.0 Å². The second-order valence-corrected chi connectivity index (χ2v) is 5.73. The maximum atomic E-state index is 13.1. The van der Waals surface area contributed by atoms with Gasteiger partial charge < -0.3 is 9.88 Å². The molecule has 1 aromatic heterocycles. The van der Waals surface area contributed by atoms with Gasteiger partial charge in [0.05, 0.1) is 11.1 Å². The summed E-state index contributed by atoms with van der Waals surface area (Å²) in [6.07, 6.45) is -2.14. The Morgan fingerprint density at radius 3 is 2.74 bits per heavy atom. The quantitative estimate of drug-likeness (QED) is 0.921. The van der Waals surface area contributed by atoms with Crippen LogP contribution < -0.4 is 0 Å². The third kappa shape index (κ3) is 3.09. The molecule has 1 unspecified atom stereocenters. The number of hydrogen-bond acceptors (Lipinski definition) is 2.